The number of methoxy groups -OCH3 is 1. The Kier molecular flexibility index (Phi) is 6.06. The molecule has 176 valence electrons. The van der Waals surface area contributed by atoms with E-state index in [1.165, 1.54) is 0 Å². The first-order valence-electron chi connectivity index (χ1n) is 11.1. The van der Waals surface area contributed by atoms with Crippen LogP contribution in [0, 0.1) is 0 Å². The maximum Gasteiger partial charge on any atom is 0.209 e. The molecule has 34 heavy (non-hydrogen) atoms. The van der Waals surface area contributed by atoms with Gasteiger partial charge in [-0.3, -0.25) is 4.79 Å². The number of carbonyl (C=O) groups is 1. The second-order valence-corrected chi connectivity index (χ2v) is 8.47. The summed E-state index contributed by atoms with van der Waals surface area (Å²) in [6, 6.07) is 5.68. The van der Waals surface area contributed by atoms with Gasteiger partial charge >= 0.3 is 0 Å². The maximum absolute atomic E-state index is 11.1. The molecular formula is C23H25ClN8O2. The average molecular weight is 481 g/mol. The van der Waals surface area contributed by atoms with Gasteiger partial charge in [0.1, 0.15) is 5.75 Å². The molecule has 3 aromatic heterocycles. The summed E-state index contributed by atoms with van der Waals surface area (Å²) in [5.74, 6) is 2.05. The molecule has 1 saturated heterocycles. The highest BCUT2D eigenvalue weighted by Crippen LogP contribution is 2.34. The normalized spacial score (nSPS) is 14.1. The van der Waals surface area contributed by atoms with Crippen molar-refractivity contribution in [2.45, 2.75) is 20.0 Å². The van der Waals surface area contributed by atoms with E-state index in [2.05, 4.69) is 25.5 Å². The fourth-order valence-corrected chi connectivity index (χ4v) is 4.57. The Hall–Kier alpha value is -3.66. The molecule has 5 rings (SSSR count). The van der Waals surface area contributed by atoms with E-state index in [9.17, 15) is 4.79 Å². The van der Waals surface area contributed by atoms with E-state index in [1.807, 2.05) is 42.2 Å². The molecule has 4 aromatic rings. The van der Waals surface area contributed by atoms with Crippen LogP contribution in [0.15, 0.2) is 30.6 Å². The van der Waals surface area contributed by atoms with Gasteiger partial charge in [0.25, 0.3) is 0 Å². The zero-order chi connectivity index (χ0) is 23.7. The Bertz CT molecular complexity index is 1350. The lowest BCUT2D eigenvalue weighted by Gasteiger charge is -2.33. The van der Waals surface area contributed by atoms with E-state index < -0.39 is 0 Å². The average Bonchev–Trinajstić information content (AvgIpc) is 3.31. The minimum Gasteiger partial charge on any atom is -0.495 e. The molecule has 11 heteroatoms. The van der Waals surface area contributed by atoms with E-state index in [1.54, 1.807) is 12.0 Å². The molecule has 0 atom stereocenters. The van der Waals surface area contributed by atoms with Crippen LogP contribution in [0.1, 0.15) is 12.5 Å². The molecule has 0 radical (unpaired) electrons. The van der Waals surface area contributed by atoms with E-state index in [0.717, 1.165) is 39.6 Å². The number of ether oxygens (including phenoxy) is 1. The fourth-order valence-electron chi connectivity index (χ4n) is 4.29. The summed E-state index contributed by atoms with van der Waals surface area (Å²) in [5, 5.41) is 20.4. The Morgan fingerprint density at radius 1 is 1.15 bits per heavy atom. The topological polar surface area (TPSA) is 101 Å². The van der Waals surface area contributed by atoms with Crippen LogP contribution in [-0.4, -0.2) is 69.6 Å². The van der Waals surface area contributed by atoms with Crippen molar-refractivity contribution in [3.63, 3.8) is 0 Å². The quantitative estimate of drug-likeness (QED) is 0.403. The highest BCUT2D eigenvalue weighted by atomic mass is 35.5. The molecule has 1 aliphatic rings. The summed E-state index contributed by atoms with van der Waals surface area (Å²) in [7, 11) is 1.59. The van der Waals surface area contributed by atoms with Crippen LogP contribution in [0.2, 0.25) is 5.02 Å². The van der Waals surface area contributed by atoms with Crippen molar-refractivity contribution in [1.82, 2.24) is 29.9 Å². The number of aryl methyl sites for hydroxylation is 1. The zero-order valence-electron chi connectivity index (χ0n) is 19.0. The van der Waals surface area contributed by atoms with Gasteiger partial charge in [-0.05, 0) is 24.6 Å². The molecule has 0 aliphatic carbocycles. The van der Waals surface area contributed by atoms with Crippen molar-refractivity contribution in [3.8, 4) is 5.75 Å². The molecule has 0 saturated carbocycles. The second kappa shape index (κ2) is 9.30. The van der Waals surface area contributed by atoms with Gasteiger partial charge in [-0.2, -0.15) is 5.10 Å². The summed E-state index contributed by atoms with van der Waals surface area (Å²) in [4.78, 5) is 19.7. The van der Waals surface area contributed by atoms with Crippen LogP contribution in [0.25, 0.3) is 21.8 Å². The molecule has 0 spiro atoms. The molecule has 0 unspecified atom stereocenters. The van der Waals surface area contributed by atoms with Crippen LogP contribution in [0.5, 0.6) is 5.75 Å². The molecule has 0 bridgehead atoms. The molecule has 1 fully saturated rings. The van der Waals surface area contributed by atoms with Crippen molar-refractivity contribution in [2.24, 2.45) is 0 Å². The van der Waals surface area contributed by atoms with Crippen molar-refractivity contribution in [2.75, 3.05) is 43.5 Å². The van der Waals surface area contributed by atoms with E-state index in [-0.39, 0.29) is 0 Å². The highest BCUT2D eigenvalue weighted by molar-refractivity contribution is 6.32. The number of piperazine rings is 1. The lowest BCUT2D eigenvalue weighted by molar-refractivity contribution is -0.118. The van der Waals surface area contributed by atoms with Crippen molar-refractivity contribution >= 4 is 51.5 Å². The number of aromatic nitrogens is 5. The number of anilines is 2. The van der Waals surface area contributed by atoms with Gasteiger partial charge in [-0.1, -0.05) is 17.7 Å². The number of nitrogens with one attached hydrogen (secondary N) is 1. The number of hydrogen-bond acceptors (Lipinski definition) is 8. The van der Waals surface area contributed by atoms with E-state index >= 15 is 0 Å². The first-order valence-corrected chi connectivity index (χ1v) is 11.5. The van der Waals surface area contributed by atoms with Crippen LogP contribution in [0.4, 0.5) is 11.6 Å². The molecule has 1 N–H and O–H groups in total. The number of pyridine rings is 1. The predicted molar refractivity (Wildman–Crippen MR) is 131 cm³/mol. The van der Waals surface area contributed by atoms with Crippen molar-refractivity contribution in [3.05, 3.63) is 41.2 Å². The van der Waals surface area contributed by atoms with Gasteiger partial charge in [-0.15, -0.1) is 10.2 Å². The Morgan fingerprint density at radius 2 is 1.97 bits per heavy atom. The minimum atomic E-state index is 0.510. The Morgan fingerprint density at radius 3 is 2.68 bits per heavy atom. The van der Waals surface area contributed by atoms with Crippen molar-refractivity contribution < 1.29 is 9.53 Å². The summed E-state index contributed by atoms with van der Waals surface area (Å²) in [5.41, 5.74) is 1.79. The third-order valence-electron chi connectivity index (χ3n) is 6.13. The number of nitrogens with zero attached hydrogens (tertiary/aromatic N) is 7. The molecule has 1 aliphatic heterocycles. The number of hydrogen-bond donors (Lipinski definition) is 1. The first-order chi connectivity index (χ1) is 16.6. The fraction of sp³-hybridized carbons (Fsp3) is 0.348. The smallest absolute Gasteiger partial charge is 0.209 e. The molecule has 1 amide bonds. The van der Waals surface area contributed by atoms with Gasteiger partial charge < -0.3 is 19.9 Å². The largest absolute Gasteiger partial charge is 0.495 e. The molecule has 4 heterocycles. The number of carbonyl (C=O) groups excluding carboxylic acids is 1. The lowest BCUT2D eigenvalue weighted by atomic mass is 10.1. The predicted octanol–water partition coefficient (Wildman–Crippen LogP) is 2.95. The lowest BCUT2D eigenvalue weighted by Crippen LogP contribution is -2.46. The second-order valence-electron chi connectivity index (χ2n) is 8.07. The third-order valence-corrected chi connectivity index (χ3v) is 6.42. The number of fused-ring (bicyclic) bond motifs is 3. The van der Waals surface area contributed by atoms with Crippen LogP contribution < -0.4 is 15.0 Å². The highest BCUT2D eigenvalue weighted by Gasteiger charge is 2.22. The molecule has 1 aromatic carbocycles. The number of amides is 1. The Labute approximate surface area is 201 Å². The van der Waals surface area contributed by atoms with E-state index in [0.29, 0.717) is 55.9 Å². The minimum absolute atomic E-state index is 0.510. The zero-order valence-corrected chi connectivity index (χ0v) is 19.8. The van der Waals surface area contributed by atoms with Crippen molar-refractivity contribution in [1.29, 1.82) is 0 Å². The molecular weight excluding hydrogens is 456 g/mol. The van der Waals surface area contributed by atoms with Gasteiger partial charge in [0.2, 0.25) is 6.41 Å². The summed E-state index contributed by atoms with van der Waals surface area (Å²) in [6.45, 7) is 5.93. The molecule has 10 nitrogen and oxygen atoms in total. The maximum atomic E-state index is 11.1. The third kappa shape index (κ3) is 3.94. The summed E-state index contributed by atoms with van der Waals surface area (Å²) in [6.07, 6.45) is 4.57. The van der Waals surface area contributed by atoms with Gasteiger partial charge in [0.15, 0.2) is 17.3 Å². The monoisotopic (exact) mass is 480 g/mol. The van der Waals surface area contributed by atoms with Crippen LogP contribution >= 0.6 is 11.6 Å². The standard InChI is InChI=1S/C23H25ClN8O2/c1-3-32-22-17(13-27-32)20-16(12-26-22)23(31-8-6-30(14-33)7-9-31)29-28-21(20)25-11-15-4-5-19(34-2)18(24)10-15/h4-5,10,12-14H,3,6-9,11H2,1-2H3,(H,25,28). The van der Waals surface area contributed by atoms with E-state index in [4.69, 9.17) is 21.3 Å². The number of benzene rings is 1. The number of rotatable bonds is 7. The van der Waals surface area contributed by atoms with Gasteiger partial charge in [0.05, 0.1) is 23.7 Å². The number of halogens is 1. The van der Waals surface area contributed by atoms with Crippen LogP contribution in [0.3, 0.4) is 0 Å². The first kappa shape index (κ1) is 22.1. The summed E-state index contributed by atoms with van der Waals surface area (Å²) < 4.78 is 7.11. The van der Waals surface area contributed by atoms with Gasteiger partial charge in [0, 0.05) is 56.2 Å². The summed E-state index contributed by atoms with van der Waals surface area (Å²) >= 11 is 6.30. The van der Waals surface area contributed by atoms with Gasteiger partial charge in [-0.25, -0.2) is 9.67 Å². The SMILES string of the molecule is CCn1ncc2c3c(NCc4ccc(OC)c(Cl)c4)nnc(N4CCN(C=O)CC4)c3cnc21. The Balaban J connectivity index is 1.55. The van der Waals surface area contributed by atoms with Crippen LogP contribution in [-0.2, 0) is 17.9 Å².